The second kappa shape index (κ2) is 5.70. The predicted octanol–water partition coefficient (Wildman–Crippen LogP) is 3.67. The number of hydrogen-bond donors (Lipinski definition) is 2. The first-order chi connectivity index (χ1) is 10.9. The Hall–Kier alpha value is -2.34. The summed E-state index contributed by atoms with van der Waals surface area (Å²) in [6.07, 6.45) is 0. The summed E-state index contributed by atoms with van der Waals surface area (Å²) in [5, 5.41) is 1.83. The van der Waals surface area contributed by atoms with Gasteiger partial charge in [-0.3, -0.25) is 4.79 Å². The van der Waals surface area contributed by atoms with Crippen LogP contribution in [0.1, 0.15) is 33.2 Å². The minimum absolute atomic E-state index is 0.319. The van der Waals surface area contributed by atoms with E-state index in [4.69, 9.17) is 10.5 Å². The average molecular weight is 375 g/mol. The van der Waals surface area contributed by atoms with Crippen molar-refractivity contribution in [2.75, 3.05) is 6.61 Å². The van der Waals surface area contributed by atoms with Crippen molar-refractivity contribution >= 4 is 49.6 Å². The molecule has 5 nitrogen and oxygen atoms in total. The van der Waals surface area contributed by atoms with E-state index in [1.54, 1.807) is 31.2 Å². The first-order valence-corrected chi connectivity index (χ1v) is 7.94. The Bertz CT molecular complexity index is 960. The highest BCUT2D eigenvalue weighted by molar-refractivity contribution is 9.10. The zero-order valence-corrected chi connectivity index (χ0v) is 14.3. The van der Waals surface area contributed by atoms with Gasteiger partial charge in [0.25, 0.3) is 5.91 Å². The number of halogens is 1. The van der Waals surface area contributed by atoms with E-state index in [1.807, 2.05) is 6.92 Å². The number of carbonyl (C=O) groups is 2. The number of fused-ring (bicyclic) bond motifs is 3. The molecule has 1 aromatic heterocycles. The van der Waals surface area contributed by atoms with Gasteiger partial charge >= 0.3 is 5.97 Å². The number of H-pyrrole nitrogens is 1. The second-order valence-corrected chi connectivity index (χ2v) is 6.12. The molecule has 2 aromatic carbocycles. The number of primary amides is 1. The van der Waals surface area contributed by atoms with Crippen LogP contribution in [0.15, 0.2) is 28.7 Å². The Morgan fingerprint density at radius 2 is 2.00 bits per heavy atom. The number of benzene rings is 2. The fraction of sp³-hybridized carbons (Fsp3) is 0.176. The van der Waals surface area contributed by atoms with Gasteiger partial charge in [-0.25, -0.2) is 4.79 Å². The SMILES string of the molecule is CCOC(=O)c1cc(C)c2c(c1)[nH]c1c(C(N)=O)ccc(Br)c12. The Morgan fingerprint density at radius 3 is 2.65 bits per heavy atom. The topological polar surface area (TPSA) is 85.2 Å². The largest absolute Gasteiger partial charge is 0.462 e. The monoisotopic (exact) mass is 374 g/mol. The lowest BCUT2D eigenvalue weighted by Crippen LogP contribution is -2.11. The molecule has 0 unspecified atom stereocenters. The summed E-state index contributed by atoms with van der Waals surface area (Å²) < 4.78 is 5.91. The van der Waals surface area contributed by atoms with Crippen molar-refractivity contribution in [3.63, 3.8) is 0 Å². The third kappa shape index (κ3) is 2.49. The van der Waals surface area contributed by atoms with Crippen LogP contribution in [-0.2, 0) is 4.74 Å². The highest BCUT2D eigenvalue weighted by Gasteiger charge is 2.18. The van der Waals surface area contributed by atoms with Crippen LogP contribution in [0.2, 0.25) is 0 Å². The number of nitrogens with one attached hydrogen (secondary N) is 1. The lowest BCUT2D eigenvalue weighted by molar-refractivity contribution is 0.0526. The van der Waals surface area contributed by atoms with Crippen molar-refractivity contribution in [3.8, 4) is 0 Å². The van der Waals surface area contributed by atoms with Gasteiger partial charge in [0.2, 0.25) is 0 Å². The van der Waals surface area contributed by atoms with E-state index < -0.39 is 5.91 Å². The molecule has 6 heteroatoms. The molecule has 0 bridgehead atoms. The maximum atomic E-state index is 12.0. The van der Waals surface area contributed by atoms with Gasteiger partial charge in [0.05, 0.1) is 23.3 Å². The van der Waals surface area contributed by atoms with E-state index in [9.17, 15) is 9.59 Å². The number of aryl methyl sites for hydroxylation is 1. The molecule has 3 N–H and O–H groups in total. The molecule has 0 atom stereocenters. The van der Waals surface area contributed by atoms with Crippen LogP contribution in [0.4, 0.5) is 0 Å². The predicted molar refractivity (Wildman–Crippen MR) is 92.7 cm³/mol. The molecule has 118 valence electrons. The zero-order valence-electron chi connectivity index (χ0n) is 12.7. The number of hydrogen-bond acceptors (Lipinski definition) is 3. The van der Waals surface area contributed by atoms with Crippen LogP contribution in [0, 0.1) is 6.92 Å². The first-order valence-electron chi connectivity index (χ1n) is 7.15. The van der Waals surface area contributed by atoms with Crippen LogP contribution >= 0.6 is 15.9 Å². The molecule has 0 aliphatic rings. The fourth-order valence-electron chi connectivity index (χ4n) is 2.84. The number of esters is 1. The number of rotatable bonds is 3. The van der Waals surface area contributed by atoms with Crippen molar-refractivity contribution in [1.29, 1.82) is 0 Å². The van der Waals surface area contributed by atoms with Gasteiger partial charge in [-0.15, -0.1) is 0 Å². The number of ether oxygens (including phenoxy) is 1. The van der Waals surface area contributed by atoms with Gasteiger partial charge in [0.15, 0.2) is 0 Å². The Morgan fingerprint density at radius 1 is 1.26 bits per heavy atom. The number of nitrogens with two attached hydrogens (primary N) is 1. The van der Waals surface area contributed by atoms with Crippen molar-refractivity contribution in [2.45, 2.75) is 13.8 Å². The highest BCUT2D eigenvalue weighted by atomic mass is 79.9. The summed E-state index contributed by atoms with van der Waals surface area (Å²) in [7, 11) is 0. The van der Waals surface area contributed by atoms with Gasteiger partial charge in [-0.05, 0) is 43.7 Å². The molecule has 0 spiro atoms. The molecule has 0 aliphatic heterocycles. The molecule has 23 heavy (non-hydrogen) atoms. The summed E-state index contributed by atoms with van der Waals surface area (Å²) in [4.78, 5) is 26.8. The van der Waals surface area contributed by atoms with E-state index in [-0.39, 0.29) is 5.97 Å². The summed E-state index contributed by atoms with van der Waals surface area (Å²) in [6, 6.07) is 6.99. The number of carbonyl (C=O) groups excluding carboxylic acids is 2. The second-order valence-electron chi connectivity index (χ2n) is 5.27. The number of aromatic amines is 1. The standard InChI is InChI=1S/C17H15BrN2O3/c1-3-23-17(22)9-6-8(2)13-12(7-9)20-15-10(16(19)21)4-5-11(18)14(13)15/h4-7,20H,3H2,1-2H3,(H2,19,21). The van der Waals surface area contributed by atoms with Crippen molar-refractivity contribution in [2.24, 2.45) is 5.73 Å². The third-order valence-corrected chi connectivity index (χ3v) is 4.44. The summed E-state index contributed by atoms with van der Waals surface area (Å²) in [5.41, 5.74) is 8.68. The van der Waals surface area contributed by atoms with Gasteiger partial charge in [0.1, 0.15) is 0 Å². The van der Waals surface area contributed by atoms with Crippen LogP contribution in [0.5, 0.6) is 0 Å². The minimum Gasteiger partial charge on any atom is -0.462 e. The van der Waals surface area contributed by atoms with E-state index in [1.165, 1.54) is 0 Å². The summed E-state index contributed by atoms with van der Waals surface area (Å²) in [6.45, 7) is 4.00. The molecule has 1 heterocycles. The molecule has 0 radical (unpaired) electrons. The van der Waals surface area contributed by atoms with Gasteiger partial charge in [0, 0.05) is 20.8 Å². The van der Waals surface area contributed by atoms with E-state index >= 15 is 0 Å². The maximum absolute atomic E-state index is 12.0. The summed E-state index contributed by atoms with van der Waals surface area (Å²) >= 11 is 3.52. The molecule has 0 fully saturated rings. The van der Waals surface area contributed by atoms with Crippen molar-refractivity contribution in [3.05, 3.63) is 45.4 Å². The zero-order chi connectivity index (χ0) is 16.7. The molecule has 0 aliphatic carbocycles. The Balaban J connectivity index is 2.37. The van der Waals surface area contributed by atoms with Gasteiger partial charge in [-0.2, -0.15) is 0 Å². The first kappa shape index (κ1) is 15.6. The highest BCUT2D eigenvalue weighted by Crippen LogP contribution is 2.36. The summed E-state index contributed by atoms with van der Waals surface area (Å²) in [5.74, 6) is -0.873. The van der Waals surface area contributed by atoms with Gasteiger partial charge < -0.3 is 15.5 Å². The quantitative estimate of drug-likeness (QED) is 0.685. The lowest BCUT2D eigenvalue weighted by atomic mass is 10.0. The Kier molecular flexibility index (Phi) is 3.85. The van der Waals surface area contributed by atoms with Crippen LogP contribution in [-0.4, -0.2) is 23.5 Å². The van der Waals surface area contributed by atoms with Crippen molar-refractivity contribution in [1.82, 2.24) is 4.98 Å². The number of amides is 1. The molecule has 3 rings (SSSR count). The van der Waals surface area contributed by atoms with Crippen LogP contribution < -0.4 is 5.73 Å². The molecule has 1 amide bonds. The number of aromatic nitrogens is 1. The van der Waals surface area contributed by atoms with Crippen molar-refractivity contribution < 1.29 is 14.3 Å². The third-order valence-electron chi connectivity index (χ3n) is 3.78. The molecule has 0 saturated heterocycles. The smallest absolute Gasteiger partial charge is 0.338 e. The molecule has 0 saturated carbocycles. The van der Waals surface area contributed by atoms with Crippen LogP contribution in [0.3, 0.4) is 0 Å². The minimum atomic E-state index is -0.502. The average Bonchev–Trinajstić information content (AvgIpc) is 2.87. The van der Waals surface area contributed by atoms with Gasteiger partial charge in [-0.1, -0.05) is 15.9 Å². The van der Waals surface area contributed by atoms with E-state index in [0.717, 1.165) is 26.3 Å². The Labute approximate surface area is 140 Å². The van der Waals surface area contributed by atoms with E-state index in [2.05, 4.69) is 20.9 Å². The molecular weight excluding hydrogens is 360 g/mol. The normalized spacial score (nSPS) is 11.1. The molecule has 3 aromatic rings. The maximum Gasteiger partial charge on any atom is 0.338 e. The fourth-order valence-corrected chi connectivity index (χ4v) is 3.37. The van der Waals surface area contributed by atoms with E-state index in [0.29, 0.717) is 23.3 Å². The van der Waals surface area contributed by atoms with Crippen LogP contribution in [0.25, 0.3) is 21.8 Å². The molecular formula is C17H15BrN2O3. The lowest BCUT2D eigenvalue weighted by Gasteiger charge is -2.05.